The van der Waals surface area contributed by atoms with Crippen LogP contribution in [0.15, 0.2) is 36.4 Å². The molecule has 0 spiro atoms. The molecule has 0 unspecified atom stereocenters. The zero-order valence-corrected chi connectivity index (χ0v) is 11.4. The molecule has 0 saturated carbocycles. The molecule has 0 aliphatic heterocycles. The number of carboxylic acid groups (broad SMARTS) is 1. The van der Waals surface area contributed by atoms with E-state index in [-0.39, 0.29) is 23.5 Å². The number of anilines is 2. The minimum atomic E-state index is -1.06. The Morgan fingerprint density at radius 3 is 2.23 bits per heavy atom. The Morgan fingerprint density at radius 1 is 1.00 bits per heavy atom. The zero-order chi connectivity index (χ0) is 16.3. The van der Waals surface area contributed by atoms with Crippen LogP contribution in [0.1, 0.15) is 15.9 Å². The number of rotatable bonds is 4. The number of nitrogen functional groups attached to an aromatic ring is 2. The normalized spacial score (nSPS) is 10.2. The minimum absolute atomic E-state index is 0.0299. The molecule has 0 amide bonds. The van der Waals surface area contributed by atoms with Crippen LogP contribution in [0.5, 0.6) is 11.5 Å². The van der Waals surface area contributed by atoms with Crippen LogP contribution in [0.25, 0.3) is 0 Å². The number of carbonyl (C=O) groups is 2. The summed E-state index contributed by atoms with van der Waals surface area (Å²) in [5.41, 5.74) is 12.3. The highest BCUT2D eigenvalue weighted by molar-refractivity contribution is 5.93. The molecule has 0 aromatic heterocycles. The smallest absolute Gasteiger partial charge is 0.343 e. The van der Waals surface area contributed by atoms with E-state index in [2.05, 4.69) is 0 Å². The third-order valence-corrected chi connectivity index (χ3v) is 2.73. The fraction of sp³-hybridized carbons (Fsp3) is 0.0667. The molecule has 2 rings (SSSR count). The first-order chi connectivity index (χ1) is 10.3. The second-order valence-electron chi connectivity index (χ2n) is 4.68. The van der Waals surface area contributed by atoms with E-state index in [1.807, 2.05) is 0 Å². The van der Waals surface area contributed by atoms with Gasteiger partial charge in [0.15, 0.2) is 0 Å². The first kappa shape index (κ1) is 15.2. The van der Waals surface area contributed by atoms with E-state index in [0.29, 0.717) is 16.9 Å². The lowest BCUT2D eigenvalue weighted by atomic mass is 10.1. The first-order valence-electron chi connectivity index (χ1n) is 6.26. The predicted molar refractivity (Wildman–Crippen MR) is 79.7 cm³/mol. The number of nitrogens with two attached hydrogens (primary N) is 2. The number of hydrogen-bond donors (Lipinski definition) is 4. The molecule has 7 heteroatoms. The van der Waals surface area contributed by atoms with E-state index in [4.69, 9.17) is 21.3 Å². The van der Waals surface area contributed by atoms with Crippen molar-refractivity contribution in [2.45, 2.75) is 6.42 Å². The van der Waals surface area contributed by atoms with Crippen molar-refractivity contribution in [2.24, 2.45) is 0 Å². The maximum atomic E-state index is 12.0. The van der Waals surface area contributed by atoms with Crippen molar-refractivity contribution in [1.29, 1.82) is 0 Å². The second-order valence-corrected chi connectivity index (χ2v) is 4.68. The Kier molecular flexibility index (Phi) is 4.17. The van der Waals surface area contributed by atoms with Gasteiger partial charge in [-0.15, -0.1) is 0 Å². The van der Waals surface area contributed by atoms with Crippen LogP contribution in [0.3, 0.4) is 0 Å². The number of carbonyl (C=O) groups excluding carboxylic acids is 1. The van der Waals surface area contributed by atoms with E-state index in [0.717, 1.165) is 0 Å². The molecule has 114 valence electrons. The summed E-state index contributed by atoms with van der Waals surface area (Å²) < 4.78 is 5.11. The van der Waals surface area contributed by atoms with Crippen LogP contribution in [-0.4, -0.2) is 22.2 Å². The highest BCUT2D eigenvalue weighted by atomic mass is 16.5. The molecular weight excluding hydrogens is 288 g/mol. The van der Waals surface area contributed by atoms with Crippen LogP contribution in [0, 0.1) is 0 Å². The van der Waals surface area contributed by atoms with E-state index in [1.54, 1.807) is 0 Å². The number of ether oxygens (including phenoxy) is 1. The summed E-state index contributed by atoms with van der Waals surface area (Å²) in [6.45, 7) is 0. The van der Waals surface area contributed by atoms with E-state index >= 15 is 0 Å². The average Bonchev–Trinajstić information content (AvgIpc) is 2.35. The van der Waals surface area contributed by atoms with Crippen LogP contribution in [0.2, 0.25) is 0 Å². The summed E-state index contributed by atoms with van der Waals surface area (Å²) in [5.74, 6) is -1.95. The largest absolute Gasteiger partial charge is 0.508 e. The Balaban J connectivity index is 2.24. The zero-order valence-electron chi connectivity index (χ0n) is 11.4. The number of carboxylic acids is 1. The van der Waals surface area contributed by atoms with Gasteiger partial charge in [-0.25, -0.2) is 4.79 Å². The van der Waals surface area contributed by atoms with Gasteiger partial charge in [0.2, 0.25) is 0 Å². The first-order valence-corrected chi connectivity index (χ1v) is 6.26. The van der Waals surface area contributed by atoms with Crippen LogP contribution >= 0.6 is 0 Å². The Hall–Kier alpha value is -3.22. The lowest BCUT2D eigenvalue weighted by Gasteiger charge is -2.08. The van der Waals surface area contributed by atoms with Crippen LogP contribution in [0.4, 0.5) is 11.4 Å². The van der Waals surface area contributed by atoms with E-state index in [1.165, 1.54) is 36.4 Å². The van der Waals surface area contributed by atoms with Gasteiger partial charge in [0, 0.05) is 17.4 Å². The van der Waals surface area contributed by atoms with Gasteiger partial charge < -0.3 is 26.4 Å². The fourth-order valence-electron chi connectivity index (χ4n) is 1.94. The average molecular weight is 302 g/mol. The standard InChI is InChI=1S/C15H14N2O5/c16-10-4-9(5-11(17)6-10)15(21)22-13-2-8(3-14(19)20)1-12(18)7-13/h1-2,4-7,18H,3,16-17H2,(H,19,20). The molecule has 22 heavy (non-hydrogen) atoms. The number of aromatic hydroxyl groups is 1. The highest BCUT2D eigenvalue weighted by Crippen LogP contribution is 2.24. The van der Waals surface area contributed by atoms with Gasteiger partial charge in [-0.3, -0.25) is 4.79 Å². The molecule has 0 atom stereocenters. The van der Waals surface area contributed by atoms with Crippen molar-refractivity contribution in [2.75, 3.05) is 11.5 Å². The molecule has 0 heterocycles. The molecular formula is C15H14N2O5. The van der Waals surface area contributed by atoms with E-state index in [9.17, 15) is 14.7 Å². The lowest BCUT2D eigenvalue weighted by molar-refractivity contribution is -0.136. The third-order valence-electron chi connectivity index (χ3n) is 2.73. The van der Waals surface area contributed by atoms with Crippen LogP contribution < -0.4 is 16.2 Å². The van der Waals surface area contributed by atoms with Gasteiger partial charge >= 0.3 is 11.9 Å². The van der Waals surface area contributed by atoms with Crippen molar-refractivity contribution < 1.29 is 24.5 Å². The number of esters is 1. The van der Waals surface area contributed by atoms with Gasteiger partial charge in [-0.1, -0.05) is 0 Å². The fourth-order valence-corrected chi connectivity index (χ4v) is 1.94. The molecule has 0 aliphatic carbocycles. The third kappa shape index (κ3) is 3.89. The molecule has 0 aliphatic rings. The van der Waals surface area contributed by atoms with Gasteiger partial charge in [-0.2, -0.15) is 0 Å². The summed E-state index contributed by atoms with van der Waals surface area (Å²) in [7, 11) is 0. The molecule has 2 aromatic rings. The Labute approximate surface area is 125 Å². The summed E-state index contributed by atoms with van der Waals surface area (Å²) in [4.78, 5) is 22.7. The maximum absolute atomic E-state index is 12.0. The topological polar surface area (TPSA) is 136 Å². The number of aliphatic carboxylic acids is 1. The summed E-state index contributed by atoms with van der Waals surface area (Å²) >= 11 is 0. The van der Waals surface area contributed by atoms with Crippen molar-refractivity contribution in [3.05, 3.63) is 47.5 Å². The monoisotopic (exact) mass is 302 g/mol. The SMILES string of the molecule is Nc1cc(N)cc(C(=O)Oc2cc(O)cc(CC(=O)O)c2)c1. The molecule has 7 nitrogen and oxygen atoms in total. The van der Waals surface area contributed by atoms with Crippen LogP contribution in [-0.2, 0) is 11.2 Å². The summed E-state index contributed by atoms with van der Waals surface area (Å²) in [6.07, 6.45) is -0.301. The minimum Gasteiger partial charge on any atom is -0.508 e. The molecule has 6 N–H and O–H groups in total. The molecule has 2 aromatic carbocycles. The Morgan fingerprint density at radius 2 is 1.64 bits per heavy atom. The van der Waals surface area contributed by atoms with Gasteiger partial charge in [0.1, 0.15) is 11.5 Å². The number of phenolic OH excluding ortho intramolecular Hbond substituents is 1. The van der Waals surface area contributed by atoms with Crippen molar-refractivity contribution in [3.8, 4) is 11.5 Å². The lowest BCUT2D eigenvalue weighted by Crippen LogP contribution is -2.10. The highest BCUT2D eigenvalue weighted by Gasteiger charge is 2.12. The van der Waals surface area contributed by atoms with Gasteiger partial charge in [-0.05, 0) is 35.9 Å². The molecule has 0 radical (unpaired) electrons. The molecule has 0 bridgehead atoms. The van der Waals surface area contributed by atoms with Gasteiger partial charge in [0.25, 0.3) is 0 Å². The van der Waals surface area contributed by atoms with Gasteiger partial charge in [0.05, 0.1) is 12.0 Å². The Bertz CT molecular complexity index is 722. The summed E-state index contributed by atoms with van der Waals surface area (Å²) in [6, 6.07) is 8.15. The van der Waals surface area contributed by atoms with E-state index < -0.39 is 11.9 Å². The summed E-state index contributed by atoms with van der Waals surface area (Å²) in [5, 5.41) is 18.3. The molecule has 0 saturated heterocycles. The maximum Gasteiger partial charge on any atom is 0.343 e. The quantitative estimate of drug-likeness (QED) is 0.380. The molecule has 0 fully saturated rings. The predicted octanol–water partition coefficient (Wildman–Crippen LogP) is 1.40. The van der Waals surface area contributed by atoms with Crippen molar-refractivity contribution in [3.63, 3.8) is 0 Å². The second kappa shape index (κ2) is 6.04. The number of hydrogen-bond acceptors (Lipinski definition) is 6. The number of benzene rings is 2. The number of phenols is 1. The van der Waals surface area contributed by atoms with Crippen molar-refractivity contribution >= 4 is 23.3 Å². The van der Waals surface area contributed by atoms with Crippen molar-refractivity contribution in [1.82, 2.24) is 0 Å².